The summed E-state index contributed by atoms with van der Waals surface area (Å²) >= 11 is 0. The molecular weight excluding hydrogens is 234 g/mol. The molecule has 1 aromatic rings. The molecule has 0 saturated heterocycles. The van der Waals surface area contributed by atoms with E-state index in [0.29, 0.717) is 19.8 Å². The van der Waals surface area contributed by atoms with E-state index in [9.17, 15) is 10.2 Å². The number of aliphatic hydroxyl groups excluding tert-OH is 2. The average Bonchev–Trinajstić information content (AvgIpc) is 2.44. The Morgan fingerprint density at radius 2 is 1.83 bits per heavy atom. The number of rotatable bonds is 5. The Morgan fingerprint density at radius 3 is 2.50 bits per heavy atom. The van der Waals surface area contributed by atoms with Crippen LogP contribution in [0.4, 0.5) is 0 Å². The molecule has 0 aliphatic carbocycles. The standard InChI is InChI=1S/C13H19NO4/c1-13(8-15,9-16)14-7-10-2-3-11-12(6-10)18-5-4-17-11/h2-3,6,14-16H,4-5,7-9H2,1H3. The maximum atomic E-state index is 9.19. The molecule has 5 nitrogen and oxygen atoms in total. The minimum Gasteiger partial charge on any atom is -0.486 e. The van der Waals surface area contributed by atoms with Crippen molar-refractivity contribution in [2.75, 3.05) is 26.4 Å². The summed E-state index contributed by atoms with van der Waals surface area (Å²) < 4.78 is 10.9. The SMILES string of the molecule is CC(CO)(CO)NCc1ccc2c(c1)OCCO2. The van der Waals surface area contributed by atoms with Crippen LogP contribution in [0, 0.1) is 0 Å². The lowest BCUT2D eigenvalue weighted by Gasteiger charge is -2.26. The van der Waals surface area contributed by atoms with Crippen molar-refractivity contribution in [3.63, 3.8) is 0 Å². The molecule has 0 bridgehead atoms. The Kier molecular flexibility index (Phi) is 4.06. The highest BCUT2D eigenvalue weighted by atomic mass is 16.6. The first-order valence-corrected chi connectivity index (χ1v) is 6.02. The second-order valence-corrected chi connectivity index (χ2v) is 4.71. The molecule has 18 heavy (non-hydrogen) atoms. The number of hydrogen-bond donors (Lipinski definition) is 3. The summed E-state index contributed by atoms with van der Waals surface area (Å²) in [5.41, 5.74) is 0.347. The predicted octanol–water partition coefficient (Wildman–Crippen LogP) is 0.291. The van der Waals surface area contributed by atoms with Crippen LogP contribution in [0.25, 0.3) is 0 Å². The van der Waals surface area contributed by atoms with Gasteiger partial charge in [-0.25, -0.2) is 0 Å². The van der Waals surface area contributed by atoms with Crippen LogP contribution in [0.15, 0.2) is 18.2 Å². The van der Waals surface area contributed by atoms with Gasteiger partial charge in [-0.3, -0.25) is 0 Å². The first-order valence-electron chi connectivity index (χ1n) is 6.02. The molecule has 0 radical (unpaired) electrons. The fourth-order valence-electron chi connectivity index (χ4n) is 1.67. The van der Waals surface area contributed by atoms with Gasteiger partial charge in [0.2, 0.25) is 0 Å². The second-order valence-electron chi connectivity index (χ2n) is 4.71. The van der Waals surface area contributed by atoms with Gasteiger partial charge in [0.15, 0.2) is 11.5 Å². The summed E-state index contributed by atoms with van der Waals surface area (Å²) in [6.45, 7) is 3.23. The summed E-state index contributed by atoms with van der Waals surface area (Å²) in [7, 11) is 0. The topological polar surface area (TPSA) is 71.0 Å². The summed E-state index contributed by atoms with van der Waals surface area (Å²) in [5.74, 6) is 1.51. The van der Waals surface area contributed by atoms with E-state index >= 15 is 0 Å². The highest BCUT2D eigenvalue weighted by molar-refractivity contribution is 5.43. The van der Waals surface area contributed by atoms with Gasteiger partial charge in [0.25, 0.3) is 0 Å². The molecule has 0 spiro atoms. The van der Waals surface area contributed by atoms with E-state index in [-0.39, 0.29) is 13.2 Å². The first-order chi connectivity index (χ1) is 8.67. The van der Waals surface area contributed by atoms with E-state index < -0.39 is 5.54 Å². The summed E-state index contributed by atoms with van der Waals surface area (Å²) in [6.07, 6.45) is 0. The van der Waals surface area contributed by atoms with Crippen LogP contribution in [0.5, 0.6) is 11.5 Å². The quantitative estimate of drug-likeness (QED) is 0.703. The second kappa shape index (κ2) is 5.56. The van der Waals surface area contributed by atoms with E-state index in [0.717, 1.165) is 17.1 Å². The molecule has 0 amide bonds. The molecule has 3 N–H and O–H groups in total. The molecule has 0 unspecified atom stereocenters. The van der Waals surface area contributed by atoms with Crippen LogP contribution in [-0.2, 0) is 6.54 Å². The van der Waals surface area contributed by atoms with E-state index in [1.165, 1.54) is 0 Å². The van der Waals surface area contributed by atoms with Crippen molar-refractivity contribution in [1.82, 2.24) is 5.32 Å². The monoisotopic (exact) mass is 253 g/mol. The van der Waals surface area contributed by atoms with Crippen molar-refractivity contribution in [2.45, 2.75) is 19.0 Å². The predicted molar refractivity (Wildman–Crippen MR) is 66.8 cm³/mol. The lowest BCUT2D eigenvalue weighted by Crippen LogP contribution is -2.48. The third kappa shape index (κ3) is 2.93. The average molecular weight is 253 g/mol. The Balaban J connectivity index is 2.02. The van der Waals surface area contributed by atoms with Crippen molar-refractivity contribution in [1.29, 1.82) is 0 Å². The van der Waals surface area contributed by atoms with Gasteiger partial charge in [0.05, 0.1) is 18.8 Å². The molecule has 0 fully saturated rings. The summed E-state index contributed by atoms with van der Waals surface area (Å²) in [6, 6.07) is 5.73. The maximum Gasteiger partial charge on any atom is 0.161 e. The minimum absolute atomic E-state index is 0.117. The molecular formula is C13H19NO4. The lowest BCUT2D eigenvalue weighted by atomic mass is 10.0. The van der Waals surface area contributed by atoms with Gasteiger partial charge < -0.3 is 25.0 Å². The van der Waals surface area contributed by atoms with Crippen molar-refractivity contribution < 1.29 is 19.7 Å². The van der Waals surface area contributed by atoms with Gasteiger partial charge >= 0.3 is 0 Å². The lowest BCUT2D eigenvalue weighted by molar-refractivity contribution is 0.103. The van der Waals surface area contributed by atoms with Crippen molar-refractivity contribution in [3.8, 4) is 11.5 Å². The van der Waals surface area contributed by atoms with E-state index in [4.69, 9.17) is 9.47 Å². The molecule has 1 aliphatic heterocycles. The molecule has 2 rings (SSSR count). The van der Waals surface area contributed by atoms with Crippen molar-refractivity contribution >= 4 is 0 Å². The Bertz CT molecular complexity index is 404. The van der Waals surface area contributed by atoms with Gasteiger partial charge in [0.1, 0.15) is 13.2 Å². The number of nitrogens with one attached hydrogen (secondary N) is 1. The normalized spacial score (nSPS) is 14.6. The number of fused-ring (bicyclic) bond motifs is 1. The number of aliphatic hydroxyl groups is 2. The molecule has 5 heteroatoms. The van der Waals surface area contributed by atoms with Gasteiger partial charge in [0, 0.05) is 6.54 Å². The van der Waals surface area contributed by atoms with Crippen LogP contribution in [0.3, 0.4) is 0 Å². The summed E-state index contributed by atoms with van der Waals surface area (Å²) in [5, 5.41) is 21.5. The smallest absolute Gasteiger partial charge is 0.161 e. The third-order valence-electron chi connectivity index (χ3n) is 3.02. The van der Waals surface area contributed by atoms with Crippen LogP contribution in [0.2, 0.25) is 0 Å². The van der Waals surface area contributed by atoms with Crippen LogP contribution >= 0.6 is 0 Å². The zero-order valence-electron chi connectivity index (χ0n) is 10.5. The fraction of sp³-hybridized carbons (Fsp3) is 0.538. The van der Waals surface area contributed by atoms with E-state index in [1.54, 1.807) is 6.92 Å². The molecule has 100 valence electrons. The van der Waals surface area contributed by atoms with Crippen molar-refractivity contribution in [2.24, 2.45) is 0 Å². The van der Waals surface area contributed by atoms with Gasteiger partial charge in [-0.1, -0.05) is 6.07 Å². The number of benzene rings is 1. The van der Waals surface area contributed by atoms with Gasteiger partial charge in [-0.2, -0.15) is 0 Å². The van der Waals surface area contributed by atoms with Crippen LogP contribution < -0.4 is 14.8 Å². The summed E-state index contributed by atoms with van der Waals surface area (Å²) in [4.78, 5) is 0. The largest absolute Gasteiger partial charge is 0.486 e. The molecule has 1 aromatic carbocycles. The van der Waals surface area contributed by atoms with Gasteiger partial charge in [-0.05, 0) is 24.6 Å². The number of hydrogen-bond acceptors (Lipinski definition) is 5. The molecule has 1 heterocycles. The molecule has 1 aliphatic rings. The van der Waals surface area contributed by atoms with E-state index in [1.807, 2.05) is 18.2 Å². The molecule has 0 aromatic heterocycles. The number of ether oxygens (including phenoxy) is 2. The fourth-order valence-corrected chi connectivity index (χ4v) is 1.67. The molecule has 0 atom stereocenters. The Hall–Kier alpha value is -1.30. The zero-order chi connectivity index (χ0) is 13.0. The maximum absolute atomic E-state index is 9.19. The molecule has 0 saturated carbocycles. The third-order valence-corrected chi connectivity index (χ3v) is 3.02. The van der Waals surface area contributed by atoms with Crippen LogP contribution in [-0.4, -0.2) is 42.2 Å². The van der Waals surface area contributed by atoms with E-state index in [2.05, 4.69) is 5.32 Å². The first kappa shape index (κ1) is 13.1. The highest BCUT2D eigenvalue weighted by Crippen LogP contribution is 2.30. The van der Waals surface area contributed by atoms with Crippen molar-refractivity contribution in [3.05, 3.63) is 23.8 Å². The highest BCUT2D eigenvalue weighted by Gasteiger charge is 2.21. The van der Waals surface area contributed by atoms with Crippen LogP contribution in [0.1, 0.15) is 12.5 Å². The zero-order valence-corrected chi connectivity index (χ0v) is 10.5. The Morgan fingerprint density at radius 1 is 1.17 bits per heavy atom. The van der Waals surface area contributed by atoms with Gasteiger partial charge in [-0.15, -0.1) is 0 Å². The Labute approximate surface area is 106 Å². The minimum atomic E-state index is -0.673.